The lowest BCUT2D eigenvalue weighted by molar-refractivity contribution is -0.133. The molecule has 1 saturated heterocycles. The van der Waals surface area contributed by atoms with Crippen LogP contribution in [0.2, 0.25) is 0 Å². The molecule has 1 atom stereocenters. The van der Waals surface area contributed by atoms with Crippen LogP contribution in [0.5, 0.6) is 0 Å². The molecule has 0 aromatic carbocycles. The fourth-order valence-electron chi connectivity index (χ4n) is 1.76. The van der Waals surface area contributed by atoms with E-state index in [1.165, 1.54) is 0 Å². The maximum Gasteiger partial charge on any atom is 0.242 e. The number of hydrogen-bond acceptors (Lipinski definition) is 3. The molecule has 1 rings (SSSR count). The Labute approximate surface area is 85.3 Å². The molecule has 0 spiro atoms. The summed E-state index contributed by atoms with van der Waals surface area (Å²) < 4.78 is 0. The molecule has 0 aromatic heterocycles. The van der Waals surface area contributed by atoms with Crippen molar-refractivity contribution < 1.29 is 9.90 Å². The van der Waals surface area contributed by atoms with Crippen LogP contribution in [0.1, 0.15) is 26.7 Å². The minimum Gasteiger partial charge on any atom is -0.394 e. The van der Waals surface area contributed by atoms with E-state index < -0.39 is 6.04 Å². The second-order valence-electron chi connectivity index (χ2n) is 4.09. The Morgan fingerprint density at radius 3 is 2.43 bits per heavy atom. The maximum atomic E-state index is 11.8. The molecule has 4 heteroatoms. The summed E-state index contributed by atoms with van der Waals surface area (Å²) in [5.74, 6) is 0.0405. The summed E-state index contributed by atoms with van der Waals surface area (Å²) in [4.78, 5) is 13.6. The van der Waals surface area contributed by atoms with E-state index >= 15 is 0 Å². The molecular weight excluding hydrogens is 180 g/mol. The third-order valence-corrected chi connectivity index (χ3v) is 2.43. The maximum absolute atomic E-state index is 11.8. The van der Waals surface area contributed by atoms with Crippen molar-refractivity contribution in [2.45, 2.75) is 38.8 Å². The molecule has 1 unspecified atom stereocenters. The van der Waals surface area contributed by atoms with Crippen molar-refractivity contribution in [1.29, 1.82) is 0 Å². The van der Waals surface area contributed by atoms with Crippen molar-refractivity contribution in [2.24, 2.45) is 0 Å². The lowest BCUT2D eigenvalue weighted by Gasteiger charge is -2.24. The van der Waals surface area contributed by atoms with E-state index in [2.05, 4.69) is 5.32 Å². The van der Waals surface area contributed by atoms with Crippen LogP contribution in [-0.2, 0) is 4.79 Å². The number of carbonyl (C=O) groups is 1. The van der Waals surface area contributed by atoms with E-state index in [0.717, 1.165) is 25.9 Å². The number of aliphatic hydroxyl groups excluding tert-OH is 1. The molecule has 1 amide bonds. The first-order valence-corrected chi connectivity index (χ1v) is 5.31. The largest absolute Gasteiger partial charge is 0.394 e. The average molecular weight is 200 g/mol. The summed E-state index contributed by atoms with van der Waals surface area (Å²) in [7, 11) is 0. The average Bonchev–Trinajstić information content (AvgIpc) is 2.65. The van der Waals surface area contributed by atoms with Crippen molar-refractivity contribution in [3.63, 3.8) is 0 Å². The molecule has 2 N–H and O–H groups in total. The first-order valence-electron chi connectivity index (χ1n) is 5.31. The van der Waals surface area contributed by atoms with Gasteiger partial charge in [0.05, 0.1) is 6.61 Å². The van der Waals surface area contributed by atoms with Crippen molar-refractivity contribution in [3.8, 4) is 0 Å². The van der Waals surface area contributed by atoms with Gasteiger partial charge in [0, 0.05) is 19.1 Å². The lowest BCUT2D eigenvalue weighted by atomic mass is 10.2. The Balaban J connectivity index is 2.46. The first kappa shape index (κ1) is 11.5. The number of nitrogens with zero attached hydrogens (tertiary/aromatic N) is 1. The summed E-state index contributed by atoms with van der Waals surface area (Å²) in [6.45, 7) is 5.51. The second-order valence-corrected chi connectivity index (χ2v) is 4.09. The minimum absolute atomic E-state index is 0.0405. The molecule has 0 radical (unpaired) electrons. The lowest BCUT2D eigenvalue weighted by Crippen LogP contribution is -2.49. The highest BCUT2D eigenvalue weighted by molar-refractivity contribution is 5.82. The predicted molar refractivity (Wildman–Crippen MR) is 55.0 cm³/mol. The van der Waals surface area contributed by atoms with Crippen LogP contribution in [0.3, 0.4) is 0 Å². The van der Waals surface area contributed by atoms with Gasteiger partial charge in [-0.3, -0.25) is 4.79 Å². The number of aliphatic hydroxyl groups is 1. The number of likely N-dealkylation sites (tertiary alicyclic amines) is 1. The fourth-order valence-corrected chi connectivity index (χ4v) is 1.76. The Kier molecular flexibility index (Phi) is 4.35. The summed E-state index contributed by atoms with van der Waals surface area (Å²) in [5.41, 5.74) is 0. The summed E-state index contributed by atoms with van der Waals surface area (Å²) >= 11 is 0. The Morgan fingerprint density at radius 2 is 2.00 bits per heavy atom. The highest BCUT2D eigenvalue weighted by atomic mass is 16.3. The zero-order valence-electron chi connectivity index (χ0n) is 8.99. The second kappa shape index (κ2) is 5.32. The molecule has 14 heavy (non-hydrogen) atoms. The molecule has 0 aromatic rings. The van der Waals surface area contributed by atoms with Gasteiger partial charge in [0.15, 0.2) is 0 Å². The van der Waals surface area contributed by atoms with Gasteiger partial charge in [0.2, 0.25) is 5.91 Å². The normalized spacial score (nSPS) is 19.0. The monoisotopic (exact) mass is 200 g/mol. The van der Waals surface area contributed by atoms with Crippen LogP contribution in [-0.4, -0.2) is 47.7 Å². The quantitative estimate of drug-likeness (QED) is 0.670. The first-order chi connectivity index (χ1) is 6.65. The van der Waals surface area contributed by atoms with E-state index in [1.54, 1.807) is 0 Å². The van der Waals surface area contributed by atoms with Gasteiger partial charge >= 0.3 is 0 Å². The number of nitrogens with one attached hydrogen (secondary N) is 1. The van der Waals surface area contributed by atoms with Crippen molar-refractivity contribution in [2.75, 3.05) is 19.7 Å². The number of amides is 1. The van der Waals surface area contributed by atoms with Crippen LogP contribution in [0, 0.1) is 0 Å². The predicted octanol–water partition coefficient (Wildman–Crippen LogP) is -0.0323. The SMILES string of the molecule is CC(C)NC(CO)C(=O)N1CCCC1. The van der Waals surface area contributed by atoms with Crippen molar-refractivity contribution >= 4 is 5.91 Å². The summed E-state index contributed by atoms with van der Waals surface area (Å²) in [5, 5.41) is 12.2. The topological polar surface area (TPSA) is 52.6 Å². The minimum atomic E-state index is -0.423. The van der Waals surface area contributed by atoms with E-state index in [0.29, 0.717) is 0 Å². The Hall–Kier alpha value is -0.610. The summed E-state index contributed by atoms with van der Waals surface area (Å²) in [6.07, 6.45) is 2.18. The van der Waals surface area contributed by atoms with Gasteiger partial charge in [-0.15, -0.1) is 0 Å². The van der Waals surface area contributed by atoms with Crippen LogP contribution < -0.4 is 5.32 Å². The summed E-state index contributed by atoms with van der Waals surface area (Å²) in [6, 6.07) is -0.202. The van der Waals surface area contributed by atoms with Crippen LogP contribution in [0.15, 0.2) is 0 Å². The van der Waals surface area contributed by atoms with Gasteiger partial charge < -0.3 is 15.3 Å². The van der Waals surface area contributed by atoms with Gasteiger partial charge in [0.25, 0.3) is 0 Å². The molecule has 0 aliphatic carbocycles. The molecule has 1 aliphatic rings. The molecular formula is C10H20N2O2. The van der Waals surface area contributed by atoms with Crippen LogP contribution in [0.4, 0.5) is 0 Å². The number of hydrogen-bond donors (Lipinski definition) is 2. The highest BCUT2D eigenvalue weighted by Gasteiger charge is 2.25. The highest BCUT2D eigenvalue weighted by Crippen LogP contribution is 2.09. The molecule has 0 bridgehead atoms. The van der Waals surface area contributed by atoms with Gasteiger partial charge in [0.1, 0.15) is 6.04 Å². The van der Waals surface area contributed by atoms with Crippen molar-refractivity contribution in [3.05, 3.63) is 0 Å². The van der Waals surface area contributed by atoms with Gasteiger partial charge in [-0.2, -0.15) is 0 Å². The van der Waals surface area contributed by atoms with E-state index in [9.17, 15) is 4.79 Å². The third kappa shape index (κ3) is 2.96. The number of carbonyl (C=O) groups excluding carboxylic acids is 1. The zero-order valence-corrected chi connectivity index (χ0v) is 8.99. The van der Waals surface area contributed by atoms with Gasteiger partial charge in [-0.25, -0.2) is 0 Å². The van der Waals surface area contributed by atoms with Gasteiger partial charge in [-0.05, 0) is 12.8 Å². The molecule has 82 valence electrons. The van der Waals surface area contributed by atoms with E-state index in [1.807, 2.05) is 18.7 Å². The smallest absolute Gasteiger partial charge is 0.242 e. The fraction of sp³-hybridized carbons (Fsp3) is 0.900. The third-order valence-electron chi connectivity index (χ3n) is 2.43. The molecule has 0 saturated carbocycles. The zero-order chi connectivity index (χ0) is 10.6. The van der Waals surface area contributed by atoms with Crippen molar-refractivity contribution in [1.82, 2.24) is 10.2 Å². The Bertz CT molecular complexity index is 189. The molecule has 1 fully saturated rings. The standard InChI is InChI=1S/C10H20N2O2/c1-8(2)11-9(7-13)10(14)12-5-3-4-6-12/h8-9,11,13H,3-7H2,1-2H3. The Morgan fingerprint density at radius 1 is 1.43 bits per heavy atom. The molecule has 1 aliphatic heterocycles. The molecule has 1 heterocycles. The van der Waals surface area contributed by atoms with Crippen LogP contribution >= 0.6 is 0 Å². The molecule has 4 nitrogen and oxygen atoms in total. The van der Waals surface area contributed by atoms with Gasteiger partial charge in [-0.1, -0.05) is 13.8 Å². The van der Waals surface area contributed by atoms with E-state index in [4.69, 9.17) is 5.11 Å². The van der Waals surface area contributed by atoms with E-state index in [-0.39, 0.29) is 18.6 Å². The van der Waals surface area contributed by atoms with Crippen LogP contribution in [0.25, 0.3) is 0 Å². The number of rotatable bonds is 4.